The first-order chi connectivity index (χ1) is 20.2. The average Bonchev–Trinajstić information content (AvgIpc) is 3.21. The number of aromatic nitrogens is 3. The Morgan fingerprint density at radius 3 is 2.19 bits per heavy atom. The Labute approximate surface area is 246 Å². The molecule has 0 spiro atoms. The Balaban J connectivity index is 1.27. The van der Waals surface area contributed by atoms with Crippen molar-refractivity contribution in [2.75, 3.05) is 32.6 Å². The number of ether oxygens (including phenoxy) is 2. The highest BCUT2D eigenvalue weighted by Crippen LogP contribution is 2.30. The summed E-state index contributed by atoms with van der Waals surface area (Å²) < 4.78 is 40.3. The molecule has 1 N–H and O–H groups in total. The lowest BCUT2D eigenvalue weighted by molar-refractivity contribution is -0.116. The van der Waals surface area contributed by atoms with E-state index in [-0.39, 0.29) is 17.2 Å². The zero-order valence-electron chi connectivity index (χ0n) is 24.5. The van der Waals surface area contributed by atoms with Gasteiger partial charge < -0.3 is 14.8 Å². The second kappa shape index (κ2) is 12.5. The summed E-state index contributed by atoms with van der Waals surface area (Å²) in [6, 6.07) is 13.9. The number of aryl methyl sites for hydroxylation is 2. The molecule has 11 heteroatoms. The second-order valence-corrected chi connectivity index (χ2v) is 12.5. The van der Waals surface area contributed by atoms with Gasteiger partial charge in [-0.15, -0.1) is 0 Å². The summed E-state index contributed by atoms with van der Waals surface area (Å²) in [6.07, 6.45) is 4.60. The minimum absolute atomic E-state index is 0.165. The lowest BCUT2D eigenvalue weighted by atomic mass is 10.1. The molecule has 1 fully saturated rings. The van der Waals surface area contributed by atoms with Crippen molar-refractivity contribution in [3.8, 4) is 22.8 Å². The highest BCUT2D eigenvalue weighted by Gasteiger charge is 2.25. The smallest absolute Gasteiger partial charge is 0.243 e. The van der Waals surface area contributed by atoms with Crippen LogP contribution in [0.3, 0.4) is 0 Å². The minimum atomic E-state index is -3.53. The SMILES string of the molecule is COc1cc(OC)cc(-c2cc3nc(C)c(CCC(=O)Nc4ccc(S(=O)(=O)N5CCCCCC5)cc4)c(C)n3n2)c1. The van der Waals surface area contributed by atoms with Gasteiger partial charge in [-0.25, -0.2) is 17.9 Å². The summed E-state index contributed by atoms with van der Waals surface area (Å²) in [5.41, 5.74) is 5.56. The summed E-state index contributed by atoms with van der Waals surface area (Å²) in [5, 5.41) is 7.68. The van der Waals surface area contributed by atoms with Gasteiger partial charge in [0.2, 0.25) is 15.9 Å². The maximum atomic E-state index is 13.0. The number of sulfonamides is 1. The number of methoxy groups -OCH3 is 2. The Morgan fingerprint density at radius 1 is 0.929 bits per heavy atom. The Kier molecular flexibility index (Phi) is 8.79. The number of nitrogens with one attached hydrogen (secondary N) is 1. The van der Waals surface area contributed by atoms with Crippen LogP contribution in [0.25, 0.3) is 16.9 Å². The van der Waals surface area contributed by atoms with Crippen molar-refractivity contribution < 1.29 is 22.7 Å². The molecule has 10 nitrogen and oxygen atoms in total. The maximum Gasteiger partial charge on any atom is 0.243 e. The van der Waals surface area contributed by atoms with Crippen LogP contribution in [0.2, 0.25) is 0 Å². The highest BCUT2D eigenvalue weighted by atomic mass is 32.2. The Morgan fingerprint density at radius 2 is 1.57 bits per heavy atom. The summed E-state index contributed by atoms with van der Waals surface area (Å²) in [5.74, 6) is 1.17. The number of amides is 1. The summed E-state index contributed by atoms with van der Waals surface area (Å²) in [4.78, 5) is 17.8. The molecule has 2 aromatic carbocycles. The van der Waals surface area contributed by atoms with Crippen LogP contribution < -0.4 is 14.8 Å². The molecule has 0 saturated carbocycles. The van der Waals surface area contributed by atoms with Gasteiger partial charge in [-0.05, 0) is 75.1 Å². The third-order valence-corrected chi connectivity index (χ3v) is 9.67. The van der Waals surface area contributed by atoms with E-state index in [1.54, 1.807) is 47.3 Å². The monoisotopic (exact) mass is 591 g/mol. The molecule has 1 aliphatic heterocycles. The zero-order valence-corrected chi connectivity index (χ0v) is 25.3. The molecular formula is C31H37N5O5S. The molecule has 0 radical (unpaired) electrons. The molecule has 5 rings (SSSR count). The van der Waals surface area contributed by atoms with E-state index < -0.39 is 10.0 Å². The first-order valence-corrected chi connectivity index (χ1v) is 15.6. The topological polar surface area (TPSA) is 115 Å². The second-order valence-electron chi connectivity index (χ2n) is 10.6. The van der Waals surface area contributed by atoms with E-state index in [0.717, 1.165) is 53.9 Å². The average molecular weight is 592 g/mol. The predicted molar refractivity (Wildman–Crippen MR) is 162 cm³/mol. The van der Waals surface area contributed by atoms with Gasteiger partial charge in [-0.2, -0.15) is 9.40 Å². The van der Waals surface area contributed by atoms with Crippen LogP contribution in [0, 0.1) is 13.8 Å². The first kappa shape index (κ1) is 29.5. The molecule has 1 amide bonds. The van der Waals surface area contributed by atoms with Gasteiger partial charge in [0, 0.05) is 54.3 Å². The van der Waals surface area contributed by atoms with Crippen molar-refractivity contribution in [2.24, 2.45) is 0 Å². The Hall–Kier alpha value is -3.96. The number of hydrogen-bond donors (Lipinski definition) is 1. The Bertz CT molecular complexity index is 1670. The van der Waals surface area contributed by atoms with Crippen molar-refractivity contribution in [2.45, 2.75) is 57.3 Å². The van der Waals surface area contributed by atoms with Crippen molar-refractivity contribution in [3.05, 3.63) is 65.5 Å². The molecule has 4 aromatic rings. The number of benzene rings is 2. The molecule has 1 saturated heterocycles. The molecule has 1 aliphatic rings. The lowest BCUT2D eigenvalue weighted by Crippen LogP contribution is -2.31. The highest BCUT2D eigenvalue weighted by molar-refractivity contribution is 7.89. The maximum absolute atomic E-state index is 13.0. The van der Waals surface area contributed by atoms with Gasteiger partial charge in [0.05, 0.1) is 24.8 Å². The van der Waals surface area contributed by atoms with Crippen LogP contribution in [0.5, 0.6) is 11.5 Å². The van der Waals surface area contributed by atoms with Gasteiger partial charge in [-0.1, -0.05) is 12.8 Å². The van der Waals surface area contributed by atoms with E-state index in [9.17, 15) is 13.2 Å². The molecule has 0 bridgehead atoms. The fourth-order valence-corrected chi connectivity index (χ4v) is 6.91. The molecule has 3 heterocycles. The van der Waals surface area contributed by atoms with Crippen LogP contribution in [0.15, 0.2) is 53.4 Å². The van der Waals surface area contributed by atoms with E-state index in [0.29, 0.717) is 42.3 Å². The largest absolute Gasteiger partial charge is 0.497 e. The van der Waals surface area contributed by atoms with Crippen LogP contribution in [0.1, 0.15) is 49.1 Å². The van der Waals surface area contributed by atoms with Crippen molar-refractivity contribution in [1.29, 1.82) is 0 Å². The van der Waals surface area contributed by atoms with Crippen molar-refractivity contribution in [3.63, 3.8) is 0 Å². The molecule has 222 valence electrons. The standard InChI is InChI=1S/C31H37N5O5S/c1-21-28(22(2)36-30(32-21)20-29(34-36)23-17-25(40-3)19-26(18-23)41-4)13-14-31(37)33-24-9-11-27(12-10-24)42(38,39)35-15-7-5-6-8-16-35/h9-12,17-20H,5-8,13-16H2,1-4H3,(H,33,37). The molecule has 0 aliphatic carbocycles. The number of nitrogens with zero attached hydrogens (tertiary/aromatic N) is 4. The van der Waals surface area contributed by atoms with Crippen LogP contribution >= 0.6 is 0 Å². The summed E-state index contributed by atoms with van der Waals surface area (Å²) in [7, 11) is -0.319. The number of rotatable bonds is 9. The molecule has 42 heavy (non-hydrogen) atoms. The van der Waals surface area contributed by atoms with Gasteiger partial charge in [-0.3, -0.25) is 4.79 Å². The molecule has 0 unspecified atom stereocenters. The van der Waals surface area contributed by atoms with E-state index >= 15 is 0 Å². The normalized spacial score (nSPS) is 14.5. The predicted octanol–water partition coefficient (Wildman–Crippen LogP) is 5.17. The number of hydrogen-bond acceptors (Lipinski definition) is 7. The minimum Gasteiger partial charge on any atom is -0.497 e. The summed E-state index contributed by atoms with van der Waals surface area (Å²) in [6.45, 7) is 5.01. The van der Waals surface area contributed by atoms with E-state index in [2.05, 4.69) is 5.32 Å². The number of carbonyl (C=O) groups is 1. The fraction of sp³-hybridized carbons (Fsp3) is 0.387. The molecule has 0 atom stereocenters. The van der Waals surface area contributed by atoms with Crippen molar-refractivity contribution >= 4 is 27.3 Å². The van der Waals surface area contributed by atoms with Gasteiger partial charge in [0.15, 0.2) is 5.65 Å². The summed E-state index contributed by atoms with van der Waals surface area (Å²) >= 11 is 0. The van der Waals surface area contributed by atoms with Crippen LogP contribution in [-0.2, 0) is 21.2 Å². The van der Waals surface area contributed by atoms with Gasteiger partial charge in [0.25, 0.3) is 0 Å². The molecule has 2 aromatic heterocycles. The van der Waals surface area contributed by atoms with E-state index in [1.807, 2.05) is 38.1 Å². The first-order valence-electron chi connectivity index (χ1n) is 14.2. The quantitative estimate of drug-likeness (QED) is 0.286. The number of anilines is 1. The molecular weight excluding hydrogens is 554 g/mol. The number of fused-ring (bicyclic) bond motifs is 1. The van der Waals surface area contributed by atoms with Crippen LogP contribution in [-0.4, -0.2) is 60.5 Å². The van der Waals surface area contributed by atoms with E-state index in [4.69, 9.17) is 19.6 Å². The van der Waals surface area contributed by atoms with Gasteiger partial charge in [0.1, 0.15) is 11.5 Å². The van der Waals surface area contributed by atoms with Crippen molar-refractivity contribution in [1.82, 2.24) is 18.9 Å². The lowest BCUT2D eigenvalue weighted by Gasteiger charge is -2.20. The van der Waals surface area contributed by atoms with E-state index in [1.165, 1.54) is 0 Å². The third-order valence-electron chi connectivity index (χ3n) is 7.75. The number of carbonyl (C=O) groups excluding carboxylic acids is 1. The zero-order chi connectivity index (χ0) is 29.9. The van der Waals surface area contributed by atoms with Gasteiger partial charge >= 0.3 is 0 Å². The third kappa shape index (κ3) is 6.27. The van der Waals surface area contributed by atoms with Crippen LogP contribution in [0.4, 0.5) is 5.69 Å². The fourth-order valence-electron chi connectivity index (χ4n) is 5.39.